The summed E-state index contributed by atoms with van der Waals surface area (Å²) >= 11 is 0. The summed E-state index contributed by atoms with van der Waals surface area (Å²) in [5, 5.41) is 3.49. The van der Waals surface area contributed by atoms with Gasteiger partial charge in [-0.2, -0.15) is 0 Å². The van der Waals surface area contributed by atoms with Crippen LogP contribution in [0.1, 0.15) is 44.6 Å². The minimum Gasteiger partial charge on any atom is -0.381 e. The van der Waals surface area contributed by atoms with E-state index in [1.807, 2.05) is 0 Å². The molecule has 152 valence electrons. The van der Waals surface area contributed by atoms with Crippen molar-refractivity contribution in [1.29, 1.82) is 0 Å². The predicted molar refractivity (Wildman–Crippen MR) is 124 cm³/mol. The molecule has 0 aromatic heterocycles. The molecule has 1 heterocycles. The van der Waals surface area contributed by atoms with E-state index in [2.05, 4.69) is 54.5 Å². The second-order valence-corrected chi connectivity index (χ2v) is 8.10. The minimum atomic E-state index is 0. The van der Waals surface area contributed by atoms with E-state index in [-0.39, 0.29) is 24.0 Å². The van der Waals surface area contributed by atoms with Crippen LogP contribution in [-0.2, 0) is 11.2 Å². The number of ether oxygens (including phenoxy) is 1. The van der Waals surface area contributed by atoms with Gasteiger partial charge in [0, 0.05) is 39.9 Å². The number of rotatable bonds is 8. The molecule has 0 spiro atoms. The molecule has 1 aromatic rings. The van der Waals surface area contributed by atoms with Crippen LogP contribution in [0.25, 0.3) is 0 Å². The first-order valence-electron chi connectivity index (χ1n) is 10.3. The topological polar surface area (TPSA) is 36.9 Å². The van der Waals surface area contributed by atoms with Crippen molar-refractivity contribution in [3.63, 3.8) is 0 Å². The maximum atomic E-state index is 5.47. The first-order valence-corrected chi connectivity index (χ1v) is 10.3. The van der Waals surface area contributed by atoms with Gasteiger partial charge >= 0.3 is 0 Å². The molecular weight excluding hydrogens is 449 g/mol. The van der Waals surface area contributed by atoms with Gasteiger partial charge in [0.15, 0.2) is 5.96 Å². The highest BCUT2D eigenvalue weighted by Crippen LogP contribution is 2.48. The Morgan fingerprint density at radius 2 is 1.93 bits per heavy atom. The van der Waals surface area contributed by atoms with E-state index >= 15 is 0 Å². The van der Waals surface area contributed by atoms with Gasteiger partial charge in [0.05, 0.1) is 0 Å². The van der Waals surface area contributed by atoms with Gasteiger partial charge in [0.2, 0.25) is 0 Å². The van der Waals surface area contributed by atoms with E-state index in [1.54, 1.807) is 0 Å². The lowest BCUT2D eigenvalue weighted by molar-refractivity contribution is 0.0625. The Kier molecular flexibility index (Phi) is 9.36. The maximum absolute atomic E-state index is 5.47. The first-order chi connectivity index (χ1) is 12.7. The molecule has 1 aliphatic heterocycles. The van der Waals surface area contributed by atoms with Crippen molar-refractivity contribution in [1.82, 2.24) is 10.2 Å². The van der Waals surface area contributed by atoms with E-state index in [1.165, 1.54) is 37.7 Å². The monoisotopic (exact) mass is 485 g/mol. The number of hydrogen-bond acceptors (Lipinski definition) is 2. The molecule has 0 bridgehead atoms. The van der Waals surface area contributed by atoms with Crippen LogP contribution in [0, 0.1) is 11.3 Å². The highest BCUT2D eigenvalue weighted by atomic mass is 127. The second kappa shape index (κ2) is 11.2. The molecule has 2 aliphatic rings. The van der Waals surface area contributed by atoms with E-state index in [0.29, 0.717) is 5.41 Å². The summed E-state index contributed by atoms with van der Waals surface area (Å²) in [5.74, 6) is 1.88. The van der Waals surface area contributed by atoms with Crippen LogP contribution in [0.15, 0.2) is 35.3 Å². The number of aliphatic imine (C=N–C) groups is 1. The van der Waals surface area contributed by atoms with Crippen molar-refractivity contribution in [2.24, 2.45) is 16.3 Å². The molecule has 1 saturated heterocycles. The van der Waals surface area contributed by atoms with Crippen molar-refractivity contribution in [3.8, 4) is 0 Å². The van der Waals surface area contributed by atoms with Gasteiger partial charge in [-0.3, -0.25) is 4.99 Å². The van der Waals surface area contributed by atoms with Crippen LogP contribution in [-0.4, -0.2) is 50.8 Å². The van der Waals surface area contributed by atoms with Gasteiger partial charge < -0.3 is 15.0 Å². The van der Waals surface area contributed by atoms with Crippen LogP contribution in [0.4, 0.5) is 0 Å². The number of halogens is 1. The molecule has 4 nitrogen and oxygen atoms in total. The Morgan fingerprint density at radius 1 is 1.22 bits per heavy atom. The molecule has 5 heteroatoms. The van der Waals surface area contributed by atoms with Crippen molar-refractivity contribution < 1.29 is 4.74 Å². The van der Waals surface area contributed by atoms with Gasteiger partial charge in [-0.05, 0) is 62.3 Å². The summed E-state index contributed by atoms with van der Waals surface area (Å²) in [4.78, 5) is 7.33. The van der Waals surface area contributed by atoms with Crippen molar-refractivity contribution >= 4 is 29.9 Å². The normalized spacial score (nSPS) is 19.3. The van der Waals surface area contributed by atoms with Gasteiger partial charge in [0.25, 0.3) is 0 Å². The average molecular weight is 485 g/mol. The number of nitrogens with zero attached hydrogens (tertiary/aromatic N) is 2. The second-order valence-electron chi connectivity index (χ2n) is 8.10. The smallest absolute Gasteiger partial charge is 0.193 e. The number of hydrogen-bond donors (Lipinski definition) is 1. The third-order valence-corrected chi connectivity index (χ3v) is 5.85. The number of benzene rings is 1. The maximum Gasteiger partial charge on any atom is 0.193 e. The third kappa shape index (κ3) is 7.26. The largest absolute Gasteiger partial charge is 0.381 e. The molecule has 0 unspecified atom stereocenters. The molecule has 0 atom stereocenters. The molecule has 2 fully saturated rings. The van der Waals surface area contributed by atoms with Gasteiger partial charge in [-0.1, -0.05) is 30.3 Å². The Hall–Kier alpha value is -0.820. The first kappa shape index (κ1) is 22.5. The molecular formula is C22H36IN3O. The lowest BCUT2D eigenvalue weighted by Crippen LogP contribution is -2.40. The predicted octanol–water partition coefficient (Wildman–Crippen LogP) is 4.34. The minimum absolute atomic E-state index is 0. The van der Waals surface area contributed by atoms with Crippen LogP contribution >= 0.6 is 24.0 Å². The zero-order chi connectivity index (χ0) is 18.2. The summed E-state index contributed by atoms with van der Waals surface area (Å²) in [6.07, 6.45) is 7.42. The summed E-state index contributed by atoms with van der Waals surface area (Å²) in [7, 11) is 2.18. The molecule has 1 aromatic carbocycles. The molecule has 0 radical (unpaired) electrons. The summed E-state index contributed by atoms with van der Waals surface area (Å²) < 4.78 is 5.47. The summed E-state index contributed by atoms with van der Waals surface area (Å²) in [6.45, 7) is 6.95. The average Bonchev–Trinajstić information content (AvgIpc) is 3.44. The highest BCUT2D eigenvalue weighted by Gasteiger charge is 2.42. The van der Waals surface area contributed by atoms with Gasteiger partial charge in [-0.15, -0.1) is 24.0 Å². The zero-order valence-corrected chi connectivity index (χ0v) is 19.3. The molecule has 27 heavy (non-hydrogen) atoms. The summed E-state index contributed by atoms with van der Waals surface area (Å²) in [5.41, 5.74) is 1.84. The quantitative estimate of drug-likeness (QED) is 0.338. The molecule has 1 saturated carbocycles. The van der Waals surface area contributed by atoms with Crippen LogP contribution in [0.2, 0.25) is 0 Å². The molecule has 1 N–H and O–H groups in total. The highest BCUT2D eigenvalue weighted by molar-refractivity contribution is 14.0. The Morgan fingerprint density at radius 3 is 2.56 bits per heavy atom. The fourth-order valence-corrected chi connectivity index (χ4v) is 3.83. The van der Waals surface area contributed by atoms with Crippen molar-refractivity contribution in [3.05, 3.63) is 35.9 Å². The van der Waals surface area contributed by atoms with E-state index < -0.39 is 0 Å². The molecule has 3 rings (SSSR count). The Labute approximate surface area is 182 Å². The van der Waals surface area contributed by atoms with Crippen LogP contribution < -0.4 is 5.32 Å². The number of nitrogens with one attached hydrogen (secondary N) is 1. The Balaban J connectivity index is 0.00000261. The zero-order valence-electron chi connectivity index (χ0n) is 17.0. The van der Waals surface area contributed by atoms with Gasteiger partial charge in [-0.25, -0.2) is 0 Å². The standard InChI is InChI=1S/C22H35N3O.HI/c1-3-23-21(25(2)14-9-19-10-15-26-16-11-19)24-18-22(12-13-22)17-20-7-5-4-6-8-20;/h4-8,19H,3,9-18H2,1-2H3,(H,23,24);1H. The molecule has 0 amide bonds. The van der Waals surface area contributed by atoms with Crippen molar-refractivity contribution in [2.45, 2.75) is 45.4 Å². The van der Waals surface area contributed by atoms with Crippen LogP contribution in [0.3, 0.4) is 0 Å². The van der Waals surface area contributed by atoms with E-state index in [4.69, 9.17) is 9.73 Å². The van der Waals surface area contributed by atoms with Crippen molar-refractivity contribution in [2.75, 3.05) is 39.9 Å². The lowest BCUT2D eigenvalue weighted by atomic mass is 9.96. The molecule has 1 aliphatic carbocycles. The van der Waals surface area contributed by atoms with Gasteiger partial charge in [0.1, 0.15) is 0 Å². The Bertz CT molecular complexity index is 568. The van der Waals surface area contributed by atoms with E-state index in [9.17, 15) is 0 Å². The third-order valence-electron chi connectivity index (χ3n) is 5.85. The lowest BCUT2D eigenvalue weighted by Gasteiger charge is -2.27. The van der Waals surface area contributed by atoms with E-state index in [0.717, 1.165) is 51.1 Å². The summed E-state index contributed by atoms with van der Waals surface area (Å²) in [6, 6.07) is 10.9. The van der Waals surface area contributed by atoms with Crippen LogP contribution in [0.5, 0.6) is 0 Å². The number of guanidine groups is 1. The fourth-order valence-electron chi connectivity index (χ4n) is 3.83. The SMILES string of the molecule is CCNC(=NCC1(Cc2ccccc2)CC1)N(C)CCC1CCOCC1.I. The fraction of sp³-hybridized carbons (Fsp3) is 0.682.